The molecule has 0 bridgehead atoms. The summed E-state index contributed by atoms with van der Waals surface area (Å²) < 4.78 is 0. The van der Waals surface area contributed by atoms with Gasteiger partial charge in [0.1, 0.15) is 0 Å². The average Bonchev–Trinajstić information content (AvgIpc) is 2.48. The SMILES string of the molecule is CC(=O)C=C(C)NN(Cc1ccccc1)c1ccccc1. The number of allylic oxidation sites excluding steroid dienone is 2. The third-order valence-corrected chi connectivity index (χ3v) is 2.98. The molecule has 0 spiro atoms. The molecule has 108 valence electrons. The van der Waals surface area contributed by atoms with Crippen LogP contribution in [0, 0.1) is 0 Å². The quantitative estimate of drug-likeness (QED) is 0.647. The fraction of sp³-hybridized carbons (Fsp3) is 0.167. The summed E-state index contributed by atoms with van der Waals surface area (Å²) in [5.74, 6) is 0.0349. The normalized spacial score (nSPS) is 11.0. The first-order valence-corrected chi connectivity index (χ1v) is 6.97. The second-order valence-electron chi connectivity index (χ2n) is 4.96. The number of carbonyl (C=O) groups is 1. The molecule has 0 saturated heterocycles. The number of carbonyl (C=O) groups excluding carboxylic acids is 1. The summed E-state index contributed by atoms with van der Waals surface area (Å²) in [4.78, 5) is 11.2. The van der Waals surface area contributed by atoms with Gasteiger partial charge in [0, 0.05) is 11.8 Å². The summed E-state index contributed by atoms with van der Waals surface area (Å²) in [5, 5.41) is 2.03. The van der Waals surface area contributed by atoms with Gasteiger partial charge in [-0.2, -0.15) is 0 Å². The number of hydrogen-bond acceptors (Lipinski definition) is 3. The Morgan fingerprint density at radius 3 is 2.14 bits per heavy atom. The van der Waals surface area contributed by atoms with E-state index in [1.54, 1.807) is 13.0 Å². The number of anilines is 1. The topological polar surface area (TPSA) is 32.3 Å². The van der Waals surface area contributed by atoms with Crippen molar-refractivity contribution in [3.8, 4) is 0 Å². The number of benzene rings is 2. The van der Waals surface area contributed by atoms with Crippen molar-refractivity contribution in [1.82, 2.24) is 5.43 Å². The zero-order valence-electron chi connectivity index (χ0n) is 12.4. The molecule has 0 heterocycles. The lowest BCUT2D eigenvalue weighted by molar-refractivity contribution is -0.112. The average molecular weight is 280 g/mol. The van der Waals surface area contributed by atoms with Crippen molar-refractivity contribution in [2.75, 3.05) is 5.01 Å². The van der Waals surface area contributed by atoms with E-state index in [2.05, 4.69) is 17.6 Å². The second-order valence-corrected chi connectivity index (χ2v) is 4.96. The van der Waals surface area contributed by atoms with Gasteiger partial charge < -0.3 is 5.43 Å². The van der Waals surface area contributed by atoms with Gasteiger partial charge in [0.05, 0.1) is 12.2 Å². The van der Waals surface area contributed by atoms with Crippen LogP contribution in [0.3, 0.4) is 0 Å². The molecular weight excluding hydrogens is 260 g/mol. The molecule has 2 rings (SSSR count). The van der Waals surface area contributed by atoms with Gasteiger partial charge in [-0.3, -0.25) is 9.80 Å². The van der Waals surface area contributed by atoms with Gasteiger partial charge in [-0.15, -0.1) is 0 Å². The van der Waals surface area contributed by atoms with E-state index in [0.717, 1.165) is 11.4 Å². The third kappa shape index (κ3) is 4.80. The largest absolute Gasteiger partial charge is 0.302 e. The number of rotatable bonds is 6. The van der Waals surface area contributed by atoms with Gasteiger partial charge >= 0.3 is 0 Å². The maximum Gasteiger partial charge on any atom is 0.154 e. The van der Waals surface area contributed by atoms with Crippen molar-refractivity contribution in [3.63, 3.8) is 0 Å². The molecule has 1 N–H and O–H groups in total. The van der Waals surface area contributed by atoms with E-state index >= 15 is 0 Å². The van der Waals surface area contributed by atoms with E-state index in [1.165, 1.54) is 5.56 Å². The Balaban J connectivity index is 2.21. The fourth-order valence-corrected chi connectivity index (χ4v) is 2.12. The maximum atomic E-state index is 11.2. The van der Waals surface area contributed by atoms with Crippen molar-refractivity contribution >= 4 is 11.5 Å². The predicted molar refractivity (Wildman–Crippen MR) is 86.6 cm³/mol. The third-order valence-electron chi connectivity index (χ3n) is 2.98. The Morgan fingerprint density at radius 2 is 1.57 bits per heavy atom. The summed E-state index contributed by atoms with van der Waals surface area (Å²) in [6, 6.07) is 20.3. The molecule has 0 aliphatic rings. The lowest BCUT2D eigenvalue weighted by atomic mass is 10.2. The lowest BCUT2D eigenvalue weighted by Crippen LogP contribution is -2.36. The number of hydrazine groups is 1. The minimum absolute atomic E-state index is 0.0349. The smallest absolute Gasteiger partial charge is 0.154 e. The molecule has 2 aromatic carbocycles. The first-order chi connectivity index (χ1) is 10.1. The summed E-state index contributed by atoms with van der Waals surface area (Å²) in [6.45, 7) is 4.16. The molecule has 2 aromatic rings. The number of ketones is 1. The van der Waals surface area contributed by atoms with E-state index in [4.69, 9.17) is 0 Å². The molecule has 0 aromatic heterocycles. The number of nitrogens with one attached hydrogen (secondary N) is 1. The summed E-state index contributed by atoms with van der Waals surface area (Å²) in [7, 11) is 0. The van der Waals surface area contributed by atoms with Crippen LogP contribution in [0.5, 0.6) is 0 Å². The molecular formula is C18H20N2O. The van der Waals surface area contributed by atoms with Gasteiger partial charge in [-0.25, -0.2) is 0 Å². The zero-order chi connectivity index (χ0) is 15.1. The second kappa shape index (κ2) is 7.29. The molecule has 21 heavy (non-hydrogen) atoms. The van der Waals surface area contributed by atoms with Gasteiger partial charge in [0.25, 0.3) is 0 Å². The monoisotopic (exact) mass is 280 g/mol. The van der Waals surface area contributed by atoms with Crippen LogP contribution >= 0.6 is 0 Å². The molecule has 0 unspecified atom stereocenters. The van der Waals surface area contributed by atoms with E-state index in [-0.39, 0.29) is 5.78 Å². The van der Waals surface area contributed by atoms with E-state index < -0.39 is 0 Å². The Labute approximate surface area is 125 Å². The molecule has 0 fully saturated rings. The maximum absolute atomic E-state index is 11.2. The Morgan fingerprint density at radius 1 is 1.00 bits per heavy atom. The number of hydrogen-bond donors (Lipinski definition) is 1. The van der Waals surface area contributed by atoms with E-state index in [0.29, 0.717) is 6.54 Å². The van der Waals surface area contributed by atoms with Crippen LogP contribution in [0.15, 0.2) is 72.4 Å². The fourth-order valence-electron chi connectivity index (χ4n) is 2.12. The van der Waals surface area contributed by atoms with Crippen LogP contribution in [0.4, 0.5) is 5.69 Å². The molecule has 0 radical (unpaired) electrons. The van der Waals surface area contributed by atoms with Gasteiger partial charge in [0.2, 0.25) is 0 Å². The highest BCUT2D eigenvalue weighted by atomic mass is 16.1. The van der Waals surface area contributed by atoms with E-state index in [1.807, 2.05) is 60.5 Å². The van der Waals surface area contributed by atoms with Crippen molar-refractivity contribution < 1.29 is 4.79 Å². The van der Waals surface area contributed by atoms with Crippen molar-refractivity contribution in [2.24, 2.45) is 0 Å². The van der Waals surface area contributed by atoms with Crippen LogP contribution in [-0.2, 0) is 11.3 Å². The van der Waals surface area contributed by atoms with Crippen LogP contribution in [0.1, 0.15) is 19.4 Å². The Hall–Kier alpha value is -2.55. The highest BCUT2D eigenvalue weighted by molar-refractivity contribution is 5.87. The predicted octanol–water partition coefficient (Wildman–Crippen LogP) is 3.69. The molecule has 0 atom stereocenters. The first kappa shape index (κ1) is 14.9. The minimum Gasteiger partial charge on any atom is -0.302 e. The summed E-state index contributed by atoms with van der Waals surface area (Å²) in [6.07, 6.45) is 1.60. The summed E-state index contributed by atoms with van der Waals surface area (Å²) in [5.41, 5.74) is 6.36. The molecule has 0 aliphatic carbocycles. The zero-order valence-corrected chi connectivity index (χ0v) is 12.4. The molecule has 3 nitrogen and oxygen atoms in total. The minimum atomic E-state index is 0.0349. The Kier molecular flexibility index (Phi) is 5.16. The van der Waals surface area contributed by atoms with Crippen LogP contribution < -0.4 is 10.4 Å². The number of para-hydroxylation sites is 1. The van der Waals surface area contributed by atoms with Crippen LogP contribution in [-0.4, -0.2) is 5.78 Å². The van der Waals surface area contributed by atoms with E-state index in [9.17, 15) is 4.79 Å². The van der Waals surface area contributed by atoms with Crippen molar-refractivity contribution in [1.29, 1.82) is 0 Å². The van der Waals surface area contributed by atoms with Gasteiger partial charge in [0.15, 0.2) is 5.78 Å². The number of nitrogens with zero attached hydrogens (tertiary/aromatic N) is 1. The molecule has 0 saturated carbocycles. The molecule has 0 aliphatic heterocycles. The standard InChI is InChI=1S/C18H20N2O/c1-15(13-16(2)21)19-20(18-11-7-4-8-12-18)14-17-9-5-3-6-10-17/h3-13,19H,14H2,1-2H3. The highest BCUT2D eigenvalue weighted by Gasteiger charge is 2.07. The first-order valence-electron chi connectivity index (χ1n) is 6.97. The lowest BCUT2D eigenvalue weighted by Gasteiger charge is -2.27. The Bertz CT molecular complexity index is 606. The van der Waals surface area contributed by atoms with Gasteiger partial charge in [-0.05, 0) is 31.5 Å². The molecule has 0 amide bonds. The van der Waals surface area contributed by atoms with Gasteiger partial charge in [-0.1, -0.05) is 48.5 Å². The van der Waals surface area contributed by atoms with Crippen LogP contribution in [0.25, 0.3) is 0 Å². The summed E-state index contributed by atoms with van der Waals surface area (Å²) >= 11 is 0. The molecule has 3 heteroatoms. The van der Waals surface area contributed by atoms with Crippen molar-refractivity contribution in [3.05, 3.63) is 78.0 Å². The van der Waals surface area contributed by atoms with Crippen LogP contribution in [0.2, 0.25) is 0 Å². The van der Waals surface area contributed by atoms with Crippen molar-refractivity contribution in [2.45, 2.75) is 20.4 Å². The highest BCUT2D eigenvalue weighted by Crippen LogP contribution is 2.15.